The lowest BCUT2D eigenvalue weighted by Crippen LogP contribution is -2.41. The van der Waals surface area contributed by atoms with Gasteiger partial charge in [-0.25, -0.2) is 0 Å². The molecule has 0 heterocycles. The molecule has 0 spiro atoms. The van der Waals surface area contributed by atoms with Crippen LogP contribution in [-0.4, -0.2) is 43.5 Å². The minimum atomic E-state index is -3.88. The van der Waals surface area contributed by atoms with E-state index in [-0.39, 0.29) is 26.4 Å². The largest absolute Gasteiger partial charge is 0.466 e. The van der Waals surface area contributed by atoms with Crippen LogP contribution in [0, 0.1) is 0 Å². The van der Waals surface area contributed by atoms with Gasteiger partial charge in [0.25, 0.3) is 0 Å². The van der Waals surface area contributed by atoms with E-state index >= 15 is 0 Å². The van der Waals surface area contributed by atoms with E-state index < -0.39 is 31.1 Å². The summed E-state index contributed by atoms with van der Waals surface area (Å²) in [5.74, 6) is -1.46. The van der Waals surface area contributed by atoms with Gasteiger partial charge < -0.3 is 18.5 Å². The van der Waals surface area contributed by atoms with Gasteiger partial charge in [-0.3, -0.25) is 14.2 Å². The average molecular weight is 324 g/mol. The van der Waals surface area contributed by atoms with Crippen LogP contribution < -0.4 is 0 Å². The molecule has 0 fully saturated rings. The first-order valence-electron chi connectivity index (χ1n) is 7.03. The van der Waals surface area contributed by atoms with E-state index in [1.54, 1.807) is 27.7 Å². The van der Waals surface area contributed by atoms with E-state index in [1.165, 1.54) is 6.92 Å². The van der Waals surface area contributed by atoms with Gasteiger partial charge in [-0.15, -0.1) is 0 Å². The molecule has 0 saturated heterocycles. The third-order valence-electron chi connectivity index (χ3n) is 2.71. The lowest BCUT2D eigenvalue weighted by Gasteiger charge is -2.32. The van der Waals surface area contributed by atoms with Crippen molar-refractivity contribution < 1.29 is 32.7 Å². The van der Waals surface area contributed by atoms with Crippen molar-refractivity contribution in [2.24, 2.45) is 0 Å². The van der Waals surface area contributed by atoms with Gasteiger partial charge in [0.05, 0.1) is 32.8 Å². The molecule has 0 aromatic carbocycles. The highest BCUT2D eigenvalue weighted by molar-refractivity contribution is 7.56. The van der Waals surface area contributed by atoms with Gasteiger partial charge in [0.15, 0.2) is 5.16 Å². The first-order valence-corrected chi connectivity index (χ1v) is 8.57. The third kappa shape index (κ3) is 5.09. The fourth-order valence-electron chi connectivity index (χ4n) is 1.72. The van der Waals surface area contributed by atoms with Crippen LogP contribution in [0.25, 0.3) is 0 Å². The van der Waals surface area contributed by atoms with Crippen LogP contribution in [0.3, 0.4) is 0 Å². The zero-order valence-electron chi connectivity index (χ0n) is 13.3. The van der Waals surface area contributed by atoms with Crippen LogP contribution in [0.15, 0.2) is 0 Å². The van der Waals surface area contributed by atoms with Crippen molar-refractivity contribution in [2.75, 3.05) is 26.4 Å². The Bertz CT molecular complexity index is 386. The molecule has 124 valence electrons. The van der Waals surface area contributed by atoms with E-state index in [1.807, 2.05) is 0 Å². The molecule has 0 aliphatic heterocycles. The second-order valence-electron chi connectivity index (χ2n) is 4.31. The second-order valence-corrected chi connectivity index (χ2v) is 6.81. The fourth-order valence-corrected chi connectivity index (χ4v) is 3.66. The molecular formula is C13H25O7P. The smallest absolute Gasteiger partial charge is 0.348 e. The first-order chi connectivity index (χ1) is 9.81. The quantitative estimate of drug-likeness (QED) is 0.450. The molecule has 1 unspecified atom stereocenters. The van der Waals surface area contributed by atoms with Gasteiger partial charge in [0.2, 0.25) is 0 Å². The second kappa shape index (κ2) is 9.18. The summed E-state index contributed by atoms with van der Waals surface area (Å²) in [7, 11) is -3.88. The Morgan fingerprint density at radius 2 is 1.38 bits per heavy atom. The molecule has 0 amide bonds. The van der Waals surface area contributed by atoms with Gasteiger partial charge in [0, 0.05) is 0 Å². The van der Waals surface area contributed by atoms with Crippen LogP contribution in [0.4, 0.5) is 0 Å². The number of carbonyl (C=O) groups is 2. The normalized spacial score (nSPS) is 14.3. The summed E-state index contributed by atoms with van der Waals surface area (Å²) in [6, 6.07) is 0. The van der Waals surface area contributed by atoms with Gasteiger partial charge in [-0.05, 0) is 34.6 Å². The van der Waals surface area contributed by atoms with E-state index in [0.717, 1.165) is 0 Å². The van der Waals surface area contributed by atoms with E-state index in [4.69, 9.17) is 18.5 Å². The molecule has 1 atom stereocenters. The number of hydrogen-bond acceptors (Lipinski definition) is 7. The summed E-state index contributed by atoms with van der Waals surface area (Å²) in [5, 5.41) is -1.73. The molecule has 0 aromatic rings. The van der Waals surface area contributed by atoms with Crippen LogP contribution in [-0.2, 0) is 32.7 Å². The summed E-state index contributed by atoms with van der Waals surface area (Å²) >= 11 is 0. The van der Waals surface area contributed by atoms with Crippen LogP contribution in [0.1, 0.15) is 41.0 Å². The van der Waals surface area contributed by atoms with Crippen molar-refractivity contribution in [3.05, 3.63) is 0 Å². The summed E-state index contributed by atoms with van der Waals surface area (Å²) < 4.78 is 33.1. The van der Waals surface area contributed by atoms with Crippen molar-refractivity contribution in [1.29, 1.82) is 0 Å². The lowest BCUT2D eigenvalue weighted by atomic mass is 10.1. The van der Waals surface area contributed by atoms with Gasteiger partial charge in [-0.1, -0.05) is 0 Å². The highest BCUT2D eigenvalue weighted by atomic mass is 31.2. The molecule has 8 heteroatoms. The first kappa shape index (κ1) is 20.1. The average Bonchev–Trinajstić information content (AvgIpc) is 2.39. The lowest BCUT2D eigenvalue weighted by molar-refractivity contribution is -0.153. The van der Waals surface area contributed by atoms with E-state index in [2.05, 4.69) is 0 Å². The monoisotopic (exact) mass is 324 g/mol. The molecule has 0 N–H and O–H groups in total. The zero-order chi connectivity index (χ0) is 16.5. The summed E-state index contributed by atoms with van der Waals surface area (Å²) in [4.78, 5) is 24.0. The Morgan fingerprint density at radius 3 is 1.76 bits per heavy atom. The Kier molecular flexibility index (Phi) is 8.78. The van der Waals surface area contributed by atoms with Gasteiger partial charge >= 0.3 is 19.5 Å². The van der Waals surface area contributed by atoms with Crippen molar-refractivity contribution >= 4 is 19.5 Å². The fraction of sp³-hybridized carbons (Fsp3) is 0.846. The van der Waals surface area contributed by atoms with E-state index in [0.29, 0.717) is 0 Å². The van der Waals surface area contributed by atoms with Crippen LogP contribution >= 0.6 is 7.60 Å². The van der Waals surface area contributed by atoms with Gasteiger partial charge in [0.1, 0.15) is 0 Å². The summed E-state index contributed by atoms with van der Waals surface area (Å²) in [6.45, 7) is 8.27. The predicted octanol–water partition coefficient (Wildman–Crippen LogP) is 2.53. The molecule has 0 radical (unpaired) electrons. The number of hydrogen-bond donors (Lipinski definition) is 0. The Hall–Kier alpha value is -0.910. The molecule has 0 aliphatic rings. The van der Waals surface area contributed by atoms with Crippen LogP contribution in [0.2, 0.25) is 0 Å². The molecule has 0 saturated carbocycles. The molecule has 0 rings (SSSR count). The molecule has 21 heavy (non-hydrogen) atoms. The minimum absolute atomic E-state index is 0.0785. The Balaban J connectivity index is 5.59. The molecule has 7 nitrogen and oxygen atoms in total. The van der Waals surface area contributed by atoms with Crippen molar-refractivity contribution in [3.63, 3.8) is 0 Å². The summed E-state index contributed by atoms with van der Waals surface area (Å²) in [6.07, 6.45) is -0.434. The molecule has 0 aliphatic carbocycles. The van der Waals surface area contributed by atoms with Crippen molar-refractivity contribution in [3.8, 4) is 0 Å². The predicted molar refractivity (Wildman–Crippen MR) is 77.1 cm³/mol. The maximum atomic E-state index is 12.9. The number of esters is 2. The standard InChI is InChI=1S/C13H25O7P/c1-6-17-11(14)10-13(5,12(15)18-7-2)21(16,19-8-3)20-9-4/h6-10H2,1-5H3. The highest BCUT2D eigenvalue weighted by Gasteiger charge is 2.56. The molecule has 0 bridgehead atoms. The highest BCUT2D eigenvalue weighted by Crippen LogP contribution is 2.62. The maximum absolute atomic E-state index is 12.9. The van der Waals surface area contributed by atoms with Crippen molar-refractivity contribution in [2.45, 2.75) is 46.2 Å². The topological polar surface area (TPSA) is 88.1 Å². The van der Waals surface area contributed by atoms with E-state index in [9.17, 15) is 14.2 Å². The number of rotatable bonds is 10. The van der Waals surface area contributed by atoms with Crippen molar-refractivity contribution in [1.82, 2.24) is 0 Å². The SMILES string of the molecule is CCOC(=O)CC(C)(C(=O)OCC)P(=O)(OCC)OCC. The molecular weight excluding hydrogens is 299 g/mol. The number of ether oxygens (including phenoxy) is 2. The minimum Gasteiger partial charge on any atom is -0.466 e. The van der Waals surface area contributed by atoms with Crippen LogP contribution in [0.5, 0.6) is 0 Å². The zero-order valence-corrected chi connectivity index (χ0v) is 14.2. The van der Waals surface area contributed by atoms with Gasteiger partial charge in [-0.2, -0.15) is 0 Å². The molecule has 0 aromatic heterocycles. The Labute approximate surface area is 125 Å². The number of carbonyl (C=O) groups excluding carboxylic acids is 2. The third-order valence-corrected chi connectivity index (χ3v) is 5.46. The Morgan fingerprint density at radius 1 is 0.905 bits per heavy atom. The maximum Gasteiger partial charge on any atom is 0.348 e. The summed E-state index contributed by atoms with van der Waals surface area (Å²) in [5.41, 5.74) is 0.